The van der Waals surface area contributed by atoms with E-state index in [1.54, 1.807) is 7.11 Å². The van der Waals surface area contributed by atoms with Gasteiger partial charge in [-0.25, -0.2) is 4.99 Å². The zero-order chi connectivity index (χ0) is 20.1. The van der Waals surface area contributed by atoms with Crippen molar-refractivity contribution in [2.45, 2.75) is 19.6 Å². The smallest absolute Gasteiger partial charge is 0.387 e. The molecule has 0 saturated carbocycles. The molecule has 1 unspecified atom stereocenters. The number of amides is 1. The Kier molecular flexibility index (Phi) is 14.3. The van der Waals surface area contributed by atoms with Gasteiger partial charge < -0.3 is 30.5 Å². The molecule has 0 bridgehead atoms. The molecule has 4 N–H and O–H groups in total. The lowest BCUT2D eigenvalue weighted by Gasteiger charge is -2.16. The molecule has 8 nitrogen and oxygen atoms in total. The van der Waals surface area contributed by atoms with Crippen molar-refractivity contribution >= 4 is 35.8 Å². The third kappa shape index (κ3) is 11.2. The fourth-order valence-corrected chi connectivity index (χ4v) is 2.02. The van der Waals surface area contributed by atoms with Gasteiger partial charge in [0.1, 0.15) is 12.3 Å². The highest BCUT2D eigenvalue weighted by molar-refractivity contribution is 14.0. The topological polar surface area (TPSA) is 104 Å². The summed E-state index contributed by atoms with van der Waals surface area (Å²) in [5.74, 6) is 0.138. The fraction of sp³-hybridized carbons (Fsp3) is 0.529. The van der Waals surface area contributed by atoms with E-state index in [1.165, 1.54) is 24.3 Å². The van der Waals surface area contributed by atoms with Gasteiger partial charge in [0.2, 0.25) is 5.91 Å². The summed E-state index contributed by atoms with van der Waals surface area (Å²) in [4.78, 5) is 15.8. The number of aliphatic imine (C=N–C) groups is 1. The number of aliphatic hydroxyl groups excluding tert-OH is 1. The van der Waals surface area contributed by atoms with Crippen LogP contribution in [0.25, 0.3) is 0 Å². The second-order valence-corrected chi connectivity index (χ2v) is 5.38. The summed E-state index contributed by atoms with van der Waals surface area (Å²) < 4.78 is 33.4. The van der Waals surface area contributed by atoms with E-state index in [1.807, 2.05) is 6.92 Å². The van der Waals surface area contributed by atoms with Gasteiger partial charge in [0.15, 0.2) is 5.96 Å². The minimum Gasteiger partial charge on any atom is -0.435 e. The quantitative estimate of drug-likeness (QED) is 0.153. The Morgan fingerprint density at radius 1 is 1.21 bits per heavy atom. The van der Waals surface area contributed by atoms with Gasteiger partial charge >= 0.3 is 6.61 Å². The summed E-state index contributed by atoms with van der Waals surface area (Å²) >= 11 is 0. The molecule has 0 aliphatic carbocycles. The molecule has 0 spiro atoms. The second kappa shape index (κ2) is 15.2. The van der Waals surface area contributed by atoms with E-state index in [4.69, 9.17) is 4.74 Å². The van der Waals surface area contributed by atoms with E-state index in [2.05, 4.69) is 25.7 Å². The fourth-order valence-electron chi connectivity index (χ4n) is 2.02. The molecule has 0 aliphatic rings. The number of nitrogens with one attached hydrogen (secondary N) is 3. The van der Waals surface area contributed by atoms with Gasteiger partial charge in [0, 0.05) is 26.7 Å². The molecule has 0 aromatic heterocycles. The van der Waals surface area contributed by atoms with E-state index in [0.717, 1.165) is 0 Å². The summed E-state index contributed by atoms with van der Waals surface area (Å²) in [7, 11) is 1.54. The highest BCUT2D eigenvalue weighted by Gasteiger charge is 2.10. The molecule has 0 fully saturated rings. The van der Waals surface area contributed by atoms with Crippen molar-refractivity contribution in [1.29, 1.82) is 0 Å². The average molecular weight is 516 g/mol. The number of guanidine groups is 1. The Labute approximate surface area is 180 Å². The van der Waals surface area contributed by atoms with E-state index in [-0.39, 0.29) is 48.7 Å². The molecule has 1 aromatic rings. The molecule has 160 valence electrons. The number of carbonyl (C=O) groups is 1. The van der Waals surface area contributed by atoms with Crippen LogP contribution < -0.4 is 20.7 Å². The third-order valence-electron chi connectivity index (χ3n) is 3.31. The van der Waals surface area contributed by atoms with Crippen LogP contribution in [-0.4, -0.2) is 63.5 Å². The number of aliphatic hydroxyl groups is 1. The number of methoxy groups -OCH3 is 1. The van der Waals surface area contributed by atoms with Crippen molar-refractivity contribution in [3.8, 4) is 5.75 Å². The first-order valence-corrected chi connectivity index (χ1v) is 8.46. The number of hydrogen-bond donors (Lipinski definition) is 4. The molecule has 1 amide bonds. The molecule has 1 rings (SSSR count). The molecule has 0 radical (unpaired) electrons. The van der Waals surface area contributed by atoms with Crippen LogP contribution in [0, 0.1) is 0 Å². The number of halogens is 3. The van der Waals surface area contributed by atoms with Crippen LogP contribution in [0.3, 0.4) is 0 Å². The van der Waals surface area contributed by atoms with E-state index < -0.39 is 12.7 Å². The molecule has 0 saturated heterocycles. The Balaban J connectivity index is 0.00000729. The Morgan fingerprint density at radius 2 is 1.89 bits per heavy atom. The van der Waals surface area contributed by atoms with Crippen LogP contribution in [0.5, 0.6) is 5.75 Å². The standard InChI is InChI=1S/C17H26F2N4O4.HI/c1-3-20-17(23-11-15(25)21-8-9-26-2)22-10-14(24)12-4-6-13(7-5-12)27-16(18)19;/h4-7,14,16,24H,3,8-11H2,1-2H3,(H,21,25)(H2,20,22,23);1H. The number of rotatable bonds is 11. The first-order chi connectivity index (χ1) is 13.0. The van der Waals surface area contributed by atoms with Crippen molar-refractivity contribution in [2.75, 3.05) is 39.9 Å². The normalized spacial score (nSPS) is 12.1. The number of ether oxygens (including phenoxy) is 2. The summed E-state index contributed by atoms with van der Waals surface area (Å²) in [5.41, 5.74) is 0.525. The number of benzene rings is 1. The van der Waals surface area contributed by atoms with Crippen LogP contribution in [-0.2, 0) is 9.53 Å². The van der Waals surface area contributed by atoms with Crippen LogP contribution in [0.15, 0.2) is 29.3 Å². The number of nitrogens with zero attached hydrogens (tertiary/aromatic N) is 1. The van der Waals surface area contributed by atoms with Crippen molar-refractivity contribution in [1.82, 2.24) is 16.0 Å². The zero-order valence-corrected chi connectivity index (χ0v) is 18.1. The van der Waals surface area contributed by atoms with Gasteiger partial charge in [-0.2, -0.15) is 8.78 Å². The van der Waals surface area contributed by atoms with Crippen LogP contribution in [0.2, 0.25) is 0 Å². The van der Waals surface area contributed by atoms with Gasteiger partial charge in [-0.05, 0) is 24.6 Å². The van der Waals surface area contributed by atoms with Gasteiger partial charge in [-0.3, -0.25) is 4.79 Å². The lowest BCUT2D eigenvalue weighted by atomic mass is 10.1. The predicted molar refractivity (Wildman–Crippen MR) is 112 cm³/mol. The highest BCUT2D eigenvalue weighted by Crippen LogP contribution is 2.18. The Bertz CT molecular complexity index is 591. The van der Waals surface area contributed by atoms with Crippen LogP contribution in [0.1, 0.15) is 18.6 Å². The molecule has 1 aromatic carbocycles. The second-order valence-electron chi connectivity index (χ2n) is 5.38. The highest BCUT2D eigenvalue weighted by atomic mass is 127. The number of carbonyl (C=O) groups excluding carboxylic acids is 1. The zero-order valence-electron chi connectivity index (χ0n) is 15.8. The van der Waals surface area contributed by atoms with E-state index >= 15 is 0 Å². The largest absolute Gasteiger partial charge is 0.435 e. The lowest BCUT2D eigenvalue weighted by molar-refractivity contribution is -0.119. The maximum atomic E-state index is 12.1. The molecule has 1 atom stereocenters. The Morgan fingerprint density at radius 3 is 2.46 bits per heavy atom. The predicted octanol–water partition coefficient (Wildman–Crippen LogP) is 1.26. The van der Waals surface area contributed by atoms with E-state index in [9.17, 15) is 18.7 Å². The molecule has 11 heteroatoms. The van der Waals surface area contributed by atoms with Crippen molar-refractivity contribution in [3.63, 3.8) is 0 Å². The summed E-state index contributed by atoms with van der Waals surface area (Å²) in [6.07, 6.45) is -0.898. The number of hydrogen-bond acceptors (Lipinski definition) is 5. The molecular formula is C17H27F2IN4O4. The van der Waals surface area contributed by atoms with Crippen LogP contribution in [0.4, 0.5) is 8.78 Å². The van der Waals surface area contributed by atoms with Crippen molar-refractivity contribution in [3.05, 3.63) is 29.8 Å². The first-order valence-electron chi connectivity index (χ1n) is 8.46. The SMILES string of the molecule is CCNC(=NCC(=O)NCCOC)NCC(O)c1ccc(OC(F)F)cc1.I. The summed E-state index contributed by atoms with van der Waals surface area (Å²) in [5, 5.41) is 18.7. The Hall–Kier alpha value is -1.73. The first kappa shape index (κ1) is 26.3. The monoisotopic (exact) mass is 516 g/mol. The molecule has 28 heavy (non-hydrogen) atoms. The average Bonchev–Trinajstić information content (AvgIpc) is 2.64. The molecule has 0 heterocycles. The number of alkyl halides is 2. The van der Waals surface area contributed by atoms with Crippen molar-refractivity contribution < 1.29 is 28.2 Å². The maximum absolute atomic E-state index is 12.1. The van der Waals surface area contributed by atoms with Gasteiger partial charge in [-0.1, -0.05) is 12.1 Å². The van der Waals surface area contributed by atoms with Gasteiger partial charge in [-0.15, -0.1) is 24.0 Å². The third-order valence-corrected chi connectivity index (χ3v) is 3.31. The van der Waals surface area contributed by atoms with Gasteiger partial charge in [0.25, 0.3) is 0 Å². The van der Waals surface area contributed by atoms with E-state index in [0.29, 0.717) is 31.2 Å². The van der Waals surface area contributed by atoms with Gasteiger partial charge in [0.05, 0.1) is 12.7 Å². The minimum atomic E-state index is -2.90. The van der Waals surface area contributed by atoms with Crippen LogP contribution >= 0.6 is 24.0 Å². The molecule has 0 aliphatic heterocycles. The lowest BCUT2D eigenvalue weighted by Crippen LogP contribution is -2.40. The maximum Gasteiger partial charge on any atom is 0.387 e. The molecular weight excluding hydrogens is 489 g/mol. The summed E-state index contributed by atoms with van der Waals surface area (Å²) in [6, 6.07) is 5.71. The summed E-state index contributed by atoms with van der Waals surface area (Å²) in [6.45, 7) is 0.412. The van der Waals surface area contributed by atoms with Crippen molar-refractivity contribution in [2.24, 2.45) is 4.99 Å². The minimum absolute atomic E-state index is 0.